The smallest absolute Gasteiger partial charge is 0.314 e. The quantitative estimate of drug-likeness (QED) is 0.269. The Balaban J connectivity index is 0. The summed E-state index contributed by atoms with van der Waals surface area (Å²) in [7, 11) is -6.26. The van der Waals surface area contributed by atoms with E-state index in [4.69, 9.17) is 28.7 Å². The number of piperazine rings is 1. The molecule has 1 fully saturated rings. The second kappa shape index (κ2) is 13.2. The fourth-order valence-electron chi connectivity index (χ4n) is 0.604. The second-order valence-electron chi connectivity index (χ2n) is 2.07. The van der Waals surface area contributed by atoms with Gasteiger partial charge in [-0.25, -0.2) is 0 Å². The van der Waals surface area contributed by atoms with Crippen molar-refractivity contribution >= 4 is 16.5 Å². The van der Waals surface area contributed by atoms with Crippen molar-refractivity contribution in [2.45, 2.75) is 0 Å². The first kappa shape index (κ1) is 16.6. The van der Waals surface area contributed by atoms with Crippen molar-refractivity contribution in [3.05, 3.63) is 0 Å². The molecule has 0 unspecified atom stereocenters. The molecule has 1 saturated heterocycles. The van der Waals surface area contributed by atoms with Gasteiger partial charge in [0.2, 0.25) is 0 Å². The van der Waals surface area contributed by atoms with Crippen LogP contribution in [-0.2, 0) is 9.13 Å². The second-order valence-corrected chi connectivity index (χ2v) is 3.20. The van der Waals surface area contributed by atoms with Crippen LogP contribution in [-0.4, -0.2) is 45.8 Å². The maximum atomic E-state index is 8.74. The lowest BCUT2D eigenvalue weighted by Gasteiger charge is -2.11. The Morgan fingerprint density at radius 1 is 0.714 bits per heavy atom. The minimum atomic E-state index is -3.13. The molecule has 0 aromatic carbocycles. The van der Waals surface area contributed by atoms with Gasteiger partial charge in [-0.3, -0.25) is 9.13 Å². The highest BCUT2D eigenvalue weighted by molar-refractivity contribution is 7.31. The molecule has 0 atom stereocenters. The zero-order chi connectivity index (χ0) is 11.4. The van der Waals surface area contributed by atoms with Gasteiger partial charge in [0.15, 0.2) is 0 Å². The van der Waals surface area contributed by atoms with Gasteiger partial charge >= 0.3 is 16.5 Å². The minimum absolute atomic E-state index is 1.14. The Labute approximate surface area is 82.9 Å². The summed E-state index contributed by atoms with van der Waals surface area (Å²) in [5.74, 6) is 0. The first-order valence-corrected chi connectivity index (χ1v) is 6.32. The van der Waals surface area contributed by atoms with Crippen molar-refractivity contribution in [3.63, 3.8) is 0 Å². The van der Waals surface area contributed by atoms with Crippen molar-refractivity contribution in [3.8, 4) is 0 Å². The van der Waals surface area contributed by atoms with Gasteiger partial charge in [0.25, 0.3) is 0 Å². The molecule has 0 amide bonds. The molecule has 0 spiro atoms. The van der Waals surface area contributed by atoms with Crippen molar-refractivity contribution < 1.29 is 28.7 Å². The molecular weight excluding hydrogens is 234 g/mol. The molecule has 1 heterocycles. The zero-order valence-electron chi connectivity index (χ0n) is 7.43. The lowest BCUT2D eigenvalue weighted by molar-refractivity contribution is 0.403. The van der Waals surface area contributed by atoms with Gasteiger partial charge < -0.3 is 30.2 Å². The van der Waals surface area contributed by atoms with Crippen LogP contribution in [0.3, 0.4) is 0 Å². The Morgan fingerprint density at radius 2 is 0.857 bits per heavy atom. The van der Waals surface area contributed by atoms with E-state index in [0.717, 1.165) is 26.2 Å². The van der Waals surface area contributed by atoms with E-state index in [-0.39, 0.29) is 0 Å². The van der Waals surface area contributed by atoms with E-state index in [1.807, 2.05) is 0 Å². The number of nitrogens with one attached hydrogen (secondary N) is 2. The SMILES string of the molecule is C1CNCCN1.O=[PH](O)O.O=[PH](O)O. The topological polar surface area (TPSA) is 139 Å². The van der Waals surface area contributed by atoms with E-state index in [1.165, 1.54) is 0 Å². The Morgan fingerprint density at radius 3 is 0.929 bits per heavy atom. The van der Waals surface area contributed by atoms with Gasteiger partial charge in [0.05, 0.1) is 0 Å². The van der Waals surface area contributed by atoms with E-state index in [0.29, 0.717) is 0 Å². The van der Waals surface area contributed by atoms with Crippen LogP contribution >= 0.6 is 16.5 Å². The number of rotatable bonds is 0. The van der Waals surface area contributed by atoms with Gasteiger partial charge in [-0.15, -0.1) is 0 Å². The van der Waals surface area contributed by atoms with E-state index < -0.39 is 16.5 Å². The Bertz CT molecular complexity index is 132. The van der Waals surface area contributed by atoms with E-state index in [2.05, 4.69) is 10.6 Å². The Hall–Kier alpha value is 0.220. The standard InChI is InChI=1S/C4H10N2.2H3O3P/c1-2-6-4-3-5-1;2*1-4(2)3/h5-6H,1-4H2;2*4H,(H2,1,2,3). The highest BCUT2D eigenvalue weighted by Gasteiger charge is 1.91. The minimum Gasteiger partial charge on any atom is -0.326 e. The van der Waals surface area contributed by atoms with Crippen LogP contribution in [0.2, 0.25) is 0 Å². The van der Waals surface area contributed by atoms with Crippen molar-refractivity contribution in [2.24, 2.45) is 0 Å². The highest BCUT2D eigenvalue weighted by Crippen LogP contribution is 1.98. The van der Waals surface area contributed by atoms with Crippen LogP contribution in [0.1, 0.15) is 0 Å². The molecule has 0 radical (unpaired) electrons. The summed E-state index contributed by atoms with van der Waals surface area (Å²) in [4.78, 5) is 28.6. The molecule has 1 rings (SSSR count). The Kier molecular flexibility index (Phi) is 15.7. The summed E-state index contributed by atoms with van der Waals surface area (Å²) in [6, 6.07) is 0. The average molecular weight is 250 g/mol. The molecule has 88 valence electrons. The van der Waals surface area contributed by atoms with Crippen molar-refractivity contribution in [1.82, 2.24) is 10.6 Å². The van der Waals surface area contributed by atoms with Crippen LogP contribution in [0.15, 0.2) is 0 Å². The molecular formula is C4H16N2O6P2. The van der Waals surface area contributed by atoms with E-state index in [9.17, 15) is 0 Å². The molecule has 10 heteroatoms. The fraction of sp³-hybridized carbons (Fsp3) is 1.00. The van der Waals surface area contributed by atoms with Gasteiger partial charge in [-0.1, -0.05) is 0 Å². The van der Waals surface area contributed by atoms with Crippen LogP contribution in [0.5, 0.6) is 0 Å². The summed E-state index contributed by atoms with van der Waals surface area (Å²) in [6.07, 6.45) is 0. The summed E-state index contributed by atoms with van der Waals surface area (Å²) in [5.41, 5.74) is 0. The number of hydrogen-bond donors (Lipinski definition) is 6. The van der Waals surface area contributed by atoms with Gasteiger partial charge in [-0.05, 0) is 0 Å². The molecule has 0 aromatic heterocycles. The molecule has 0 bridgehead atoms. The van der Waals surface area contributed by atoms with Crippen LogP contribution in [0.4, 0.5) is 0 Å². The molecule has 0 aliphatic carbocycles. The molecule has 0 saturated carbocycles. The largest absolute Gasteiger partial charge is 0.326 e. The lowest BCUT2D eigenvalue weighted by Crippen LogP contribution is -2.39. The van der Waals surface area contributed by atoms with Crippen LogP contribution < -0.4 is 10.6 Å². The molecule has 8 nitrogen and oxygen atoms in total. The average Bonchev–Trinajstić information content (AvgIpc) is 2.05. The zero-order valence-corrected chi connectivity index (χ0v) is 9.43. The first-order valence-electron chi connectivity index (χ1n) is 3.72. The third-order valence-corrected chi connectivity index (χ3v) is 0.957. The van der Waals surface area contributed by atoms with Gasteiger partial charge in [0.1, 0.15) is 0 Å². The highest BCUT2D eigenvalue weighted by atomic mass is 31.1. The normalized spacial score (nSPS) is 15.3. The predicted octanol–water partition coefficient (Wildman–Crippen LogP) is -2.10. The summed E-state index contributed by atoms with van der Waals surface area (Å²) >= 11 is 0. The molecule has 0 aromatic rings. The number of hydrogen-bond acceptors (Lipinski definition) is 4. The maximum Gasteiger partial charge on any atom is 0.314 e. The van der Waals surface area contributed by atoms with Crippen molar-refractivity contribution in [2.75, 3.05) is 26.2 Å². The van der Waals surface area contributed by atoms with Crippen LogP contribution in [0, 0.1) is 0 Å². The van der Waals surface area contributed by atoms with Crippen LogP contribution in [0.25, 0.3) is 0 Å². The third kappa shape index (κ3) is 39.8. The summed E-state index contributed by atoms with van der Waals surface area (Å²) in [5, 5.41) is 6.44. The third-order valence-electron chi connectivity index (χ3n) is 0.957. The maximum absolute atomic E-state index is 8.74. The summed E-state index contributed by atoms with van der Waals surface area (Å²) in [6.45, 7) is 4.56. The first-order chi connectivity index (χ1) is 6.46. The van der Waals surface area contributed by atoms with E-state index in [1.54, 1.807) is 0 Å². The van der Waals surface area contributed by atoms with Gasteiger partial charge in [0, 0.05) is 26.2 Å². The molecule has 14 heavy (non-hydrogen) atoms. The van der Waals surface area contributed by atoms with E-state index >= 15 is 0 Å². The van der Waals surface area contributed by atoms with Gasteiger partial charge in [-0.2, -0.15) is 0 Å². The summed E-state index contributed by atoms with van der Waals surface area (Å²) < 4.78 is 17.5. The lowest BCUT2D eigenvalue weighted by atomic mass is 10.4. The fourth-order valence-corrected chi connectivity index (χ4v) is 0.604. The molecule has 6 N–H and O–H groups in total. The molecule has 1 aliphatic heterocycles. The molecule has 1 aliphatic rings. The van der Waals surface area contributed by atoms with Crippen molar-refractivity contribution in [1.29, 1.82) is 0 Å². The monoisotopic (exact) mass is 250 g/mol. The predicted molar refractivity (Wildman–Crippen MR) is 52.6 cm³/mol.